The zero-order valence-electron chi connectivity index (χ0n) is 10.8. The largest absolute Gasteiger partial charge is 0.508 e. The molecule has 0 saturated carbocycles. The number of aromatic hydroxyl groups is 1. The van der Waals surface area contributed by atoms with Gasteiger partial charge in [-0.15, -0.1) is 0 Å². The predicted octanol–water partition coefficient (Wildman–Crippen LogP) is 3.20. The van der Waals surface area contributed by atoms with Crippen molar-refractivity contribution < 1.29 is 9.90 Å². The van der Waals surface area contributed by atoms with Gasteiger partial charge in [0.05, 0.1) is 5.71 Å². The maximum atomic E-state index is 11.8. The highest BCUT2D eigenvalue weighted by atomic mass is 35.5. The molecule has 0 heterocycles. The van der Waals surface area contributed by atoms with Crippen molar-refractivity contribution in [1.82, 2.24) is 5.43 Å². The van der Waals surface area contributed by atoms with Crippen molar-refractivity contribution in [1.29, 1.82) is 0 Å². The van der Waals surface area contributed by atoms with Crippen molar-refractivity contribution in [3.63, 3.8) is 0 Å². The highest BCUT2D eigenvalue weighted by Gasteiger charge is 2.05. The quantitative estimate of drug-likeness (QED) is 0.673. The Morgan fingerprint density at radius 2 is 1.85 bits per heavy atom. The summed E-state index contributed by atoms with van der Waals surface area (Å²) >= 11 is 5.76. The van der Waals surface area contributed by atoms with E-state index in [9.17, 15) is 9.90 Å². The molecule has 2 aromatic carbocycles. The van der Waals surface area contributed by atoms with Crippen LogP contribution in [0.4, 0.5) is 0 Å². The molecule has 102 valence electrons. The van der Waals surface area contributed by atoms with E-state index in [1.165, 1.54) is 0 Å². The van der Waals surface area contributed by atoms with Crippen molar-refractivity contribution >= 4 is 23.2 Å². The lowest BCUT2D eigenvalue weighted by molar-refractivity contribution is 0.0955. The summed E-state index contributed by atoms with van der Waals surface area (Å²) in [5.41, 5.74) is 4.27. The summed E-state index contributed by atoms with van der Waals surface area (Å²) in [6, 6.07) is 13.2. The molecule has 0 saturated heterocycles. The van der Waals surface area contributed by atoms with Crippen LogP contribution in [0.5, 0.6) is 5.75 Å². The van der Waals surface area contributed by atoms with Gasteiger partial charge in [-0.25, -0.2) is 5.43 Å². The Labute approximate surface area is 121 Å². The molecular formula is C15H13ClN2O2. The first kappa shape index (κ1) is 14.1. The van der Waals surface area contributed by atoms with Gasteiger partial charge in [-0.3, -0.25) is 4.79 Å². The van der Waals surface area contributed by atoms with Crippen LogP contribution in [0, 0.1) is 0 Å². The molecule has 20 heavy (non-hydrogen) atoms. The van der Waals surface area contributed by atoms with E-state index < -0.39 is 0 Å². The van der Waals surface area contributed by atoms with Crippen molar-refractivity contribution in [2.75, 3.05) is 0 Å². The van der Waals surface area contributed by atoms with Crippen LogP contribution in [0.25, 0.3) is 0 Å². The lowest BCUT2D eigenvalue weighted by atomic mass is 10.1. The van der Waals surface area contributed by atoms with Crippen molar-refractivity contribution in [2.45, 2.75) is 6.92 Å². The summed E-state index contributed by atoms with van der Waals surface area (Å²) in [5, 5.41) is 14.0. The summed E-state index contributed by atoms with van der Waals surface area (Å²) in [6.07, 6.45) is 0. The van der Waals surface area contributed by atoms with Crippen LogP contribution in [0.15, 0.2) is 53.6 Å². The molecule has 0 aromatic heterocycles. The van der Waals surface area contributed by atoms with Gasteiger partial charge in [-0.2, -0.15) is 5.10 Å². The van der Waals surface area contributed by atoms with Gasteiger partial charge in [0.15, 0.2) is 0 Å². The van der Waals surface area contributed by atoms with E-state index >= 15 is 0 Å². The van der Waals surface area contributed by atoms with Gasteiger partial charge < -0.3 is 5.11 Å². The molecule has 2 N–H and O–H groups in total. The maximum absolute atomic E-state index is 11.8. The number of carbonyl (C=O) groups excluding carboxylic acids is 1. The van der Waals surface area contributed by atoms with E-state index in [1.54, 1.807) is 55.5 Å². The second kappa shape index (κ2) is 6.21. The average molecular weight is 289 g/mol. The second-order valence-electron chi connectivity index (χ2n) is 4.20. The number of carbonyl (C=O) groups is 1. The first-order valence-corrected chi connectivity index (χ1v) is 6.33. The first-order chi connectivity index (χ1) is 9.56. The van der Waals surface area contributed by atoms with Gasteiger partial charge in [0.2, 0.25) is 0 Å². The second-order valence-corrected chi connectivity index (χ2v) is 4.63. The topological polar surface area (TPSA) is 61.7 Å². The van der Waals surface area contributed by atoms with Crippen LogP contribution in [-0.2, 0) is 0 Å². The zero-order valence-corrected chi connectivity index (χ0v) is 11.6. The normalized spacial score (nSPS) is 11.2. The van der Waals surface area contributed by atoms with Crippen LogP contribution < -0.4 is 5.43 Å². The smallest absolute Gasteiger partial charge is 0.271 e. The van der Waals surface area contributed by atoms with Crippen LogP contribution >= 0.6 is 11.6 Å². The van der Waals surface area contributed by atoms with Crippen LogP contribution in [0.1, 0.15) is 22.8 Å². The van der Waals surface area contributed by atoms with E-state index in [-0.39, 0.29) is 11.7 Å². The summed E-state index contributed by atoms with van der Waals surface area (Å²) in [4.78, 5) is 11.8. The van der Waals surface area contributed by atoms with E-state index in [4.69, 9.17) is 11.6 Å². The molecule has 0 atom stereocenters. The average Bonchev–Trinajstić information content (AvgIpc) is 2.45. The minimum atomic E-state index is -0.318. The van der Waals surface area contributed by atoms with E-state index in [1.807, 2.05) is 0 Å². The summed E-state index contributed by atoms with van der Waals surface area (Å²) < 4.78 is 0. The third-order valence-corrected chi connectivity index (χ3v) is 2.95. The molecule has 0 aliphatic rings. The lowest BCUT2D eigenvalue weighted by Gasteiger charge is -2.03. The number of hydrogen-bond acceptors (Lipinski definition) is 3. The number of hydrogen-bond donors (Lipinski definition) is 2. The van der Waals surface area contributed by atoms with Gasteiger partial charge in [-0.1, -0.05) is 23.7 Å². The molecule has 0 fully saturated rings. The molecule has 0 bridgehead atoms. The Hall–Kier alpha value is -2.33. The van der Waals surface area contributed by atoms with Crippen LogP contribution in [0.2, 0.25) is 5.02 Å². The Morgan fingerprint density at radius 3 is 2.50 bits per heavy atom. The van der Waals surface area contributed by atoms with Crippen molar-refractivity contribution in [2.24, 2.45) is 5.10 Å². The number of nitrogens with zero attached hydrogens (tertiary/aromatic N) is 1. The fourth-order valence-corrected chi connectivity index (χ4v) is 1.72. The van der Waals surface area contributed by atoms with Crippen molar-refractivity contribution in [3.05, 3.63) is 64.7 Å². The number of rotatable bonds is 3. The third-order valence-electron chi connectivity index (χ3n) is 2.70. The van der Waals surface area contributed by atoms with Crippen LogP contribution in [-0.4, -0.2) is 16.7 Å². The monoisotopic (exact) mass is 288 g/mol. The summed E-state index contributed by atoms with van der Waals surface area (Å²) in [5.74, 6) is -0.165. The minimum Gasteiger partial charge on any atom is -0.508 e. The number of benzene rings is 2. The molecule has 0 spiro atoms. The Balaban J connectivity index is 2.08. The fraction of sp³-hybridized carbons (Fsp3) is 0.0667. The molecule has 4 nitrogen and oxygen atoms in total. The number of phenols is 1. The highest BCUT2D eigenvalue weighted by molar-refractivity contribution is 6.30. The number of hydrazone groups is 1. The molecule has 2 aromatic rings. The first-order valence-electron chi connectivity index (χ1n) is 5.96. The van der Waals surface area contributed by atoms with Gasteiger partial charge >= 0.3 is 0 Å². The summed E-state index contributed by atoms with van der Waals surface area (Å²) in [7, 11) is 0. The Kier molecular flexibility index (Phi) is 4.38. The van der Waals surface area contributed by atoms with Crippen molar-refractivity contribution in [3.8, 4) is 5.75 Å². The van der Waals surface area contributed by atoms with E-state index in [0.717, 1.165) is 5.56 Å². The molecule has 0 radical (unpaired) electrons. The highest BCUT2D eigenvalue weighted by Crippen LogP contribution is 2.12. The molecule has 0 unspecified atom stereocenters. The Morgan fingerprint density at radius 1 is 1.15 bits per heavy atom. The number of halogens is 1. The molecule has 2 rings (SSSR count). The fourth-order valence-electron chi connectivity index (χ4n) is 1.60. The molecule has 0 aliphatic carbocycles. The molecule has 5 heteroatoms. The van der Waals surface area contributed by atoms with Gasteiger partial charge in [0, 0.05) is 16.1 Å². The third kappa shape index (κ3) is 3.59. The predicted molar refractivity (Wildman–Crippen MR) is 79.2 cm³/mol. The SMILES string of the molecule is C/C(=N/NC(=O)c1ccc(Cl)cc1)c1cccc(O)c1. The number of phenolic OH excluding ortho intramolecular Hbond substituents is 1. The number of nitrogens with one attached hydrogen (secondary N) is 1. The van der Waals surface area contributed by atoms with E-state index in [2.05, 4.69) is 10.5 Å². The maximum Gasteiger partial charge on any atom is 0.271 e. The number of amides is 1. The molecule has 1 amide bonds. The molecule has 0 aliphatic heterocycles. The zero-order chi connectivity index (χ0) is 14.5. The van der Waals surface area contributed by atoms with Gasteiger partial charge in [0.25, 0.3) is 5.91 Å². The van der Waals surface area contributed by atoms with Gasteiger partial charge in [0.1, 0.15) is 5.75 Å². The molecular weight excluding hydrogens is 276 g/mol. The minimum absolute atomic E-state index is 0.154. The van der Waals surface area contributed by atoms with E-state index in [0.29, 0.717) is 16.3 Å². The Bertz CT molecular complexity index is 651. The van der Waals surface area contributed by atoms with Crippen LogP contribution in [0.3, 0.4) is 0 Å². The summed E-state index contributed by atoms with van der Waals surface area (Å²) in [6.45, 7) is 1.75. The van der Waals surface area contributed by atoms with Gasteiger partial charge in [-0.05, 0) is 43.3 Å². The standard InChI is InChI=1S/C15H13ClN2O2/c1-10(12-3-2-4-14(19)9-12)17-18-15(20)11-5-7-13(16)8-6-11/h2-9,19H,1H3,(H,18,20)/b17-10-. The lowest BCUT2D eigenvalue weighted by Crippen LogP contribution is -2.19.